The Labute approximate surface area is 119 Å². The van der Waals surface area contributed by atoms with Gasteiger partial charge in [0, 0.05) is 4.83 Å². The summed E-state index contributed by atoms with van der Waals surface area (Å²) in [7, 11) is 0. The summed E-state index contributed by atoms with van der Waals surface area (Å²) in [5.41, 5.74) is 2.10. The third-order valence-electron chi connectivity index (χ3n) is 3.35. The number of carbonyl (C=O) groups is 2. The molecule has 0 aromatic heterocycles. The molecule has 0 saturated heterocycles. The summed E-state index contributed by atoms with van der Waals surface area (Å²) >= 11 is 3.52. The molecule has 1 aliphatic carbocycles. The summed E-state index contributed by atoms with van der Waals surface area (Å²) in [6.45, 7) is 0.374. The van der Waals surface area contributed by atoms with Gasteiger partial charge >= 0.3 is 0 Å². The highest BCUT2D eigenvalue weighted by Gasteiger charge is 2.35. The average molecular weight is 318 g/mol. The second-order valence-corrected chi connectivity index (χ2v) is 5.85. The summed E-state index contributed by atoms with van der Waals surface area (Å²) in [5.74, 6) is -0.385. The molecule has 3 rings (SSSR count). The van der Waals surface area contributed by atoms with Crippen molar-refractivity contribution in [2.45, 2.75) is 11.2 Å². The Hall–Kier alpha value is -1.68. The van der Waals surface area contributed by atoms with Gasteiger partial charge in [0.25, 0.3) is 11.8 Å². The molecule has 0 N–H and O–H groups in total. The molecular formula is C15H12BrNO2. The van der Waals surface area contributed by atoms with Crippen molar-refractivity contribution in [1.82, 2.24) is 4.90 Å². The zero-order valence-corrected chi connectivity index (χ0v) is 11.8. The third-order valence-corrected chi connectivity index (χ3v) is 3.98. The van der Waals surface area contributed by atoms with Gasteiger partial charge in [-0.05, 0) is 24.1 Å². The van der Waals surface area contributed by atoms with Crippen LogP contribution in [-0.2, 0) is 0 Å². The Kier molecular flexibility index (Phi) is 3.11. The first-order valence-corrected chi connectivity index (χ1v) is 7.04. The summed E-state index contributed by atoms with van der Waals surface area (Å²) in [5, 5.41) is 0. The number of imide groups is 1. The number of nitrogens with zero attached hydrogens (tertiary/aromatic N) is 1. The van der Waals surface area contributed by atoms with Gasteiger partial charge in [0.2, 0.25) is 0 Å². The van der Waals surface area contributed by atoms with Crippen LogP contribution in [0.4, 0.5) is 0 Å². The monoisotopic (exact) mass is 317 g/mol. The zero-order valence-electron chi connectivity index (χ0n) is 10.2. The van der Waals surface area contributed by atoms with Crippen molar-refractivity contribution < 1.29 is 9.59 Å². The van der Waals surface area contributed by atoms with E-state index in [1.54, 1.807) is 24.3 Å². The predicted octanol–water partition coefficient (Wildman–Crippen LogP) is 2.93. The molecule has 1 aromatic rings. The normalized spacial score (nSPS) is 21.6. The van der Waals surface area contributed by atoms with Crippen LogP contribution < -0.4 is 0 Å². The number of alkyl halides is 1. The number of hydrogen-bond acceptors (Lipinski definition) is 2. The average Bonchev–Trinajstić information content (AvgIpc) is 2.65. The Morgan fingerprint density at radius 3 is 2.37 bits per heavy atom. The molecular weight excluding hydrogens is 306 g/mol. The molecule has 1 unspecified atom stereocenters. The maximum atomic E-state index is 12.2. The number of carbonyl (C=O) groups excluding carboxylic acids is 2. The molecule has 96 valence electrons. The first-order chi connectivity index (χ1) is 9.16. The number of benzene rings is 1. The lowest BCUT2D eigenvalue weighted by Crippen LogP contribution is -2.32. The minimum Gasteiger partial charge on any atom is -0.270 e. The lowest BCUT2D eigenvalue weighted by atomic mass is 10.0. The predicted molar refractivity (Wildman–Crippen MR) is 76.4 cm³/mol. The van der Waals surface area contributed by atoms with Crippen LogP contribution in [0.25, 0.3) is 0 Å². The van der Waals surface area contributed by atoms with Gasteiger partial charge < -0.3 is 0 Å². The smallest absolute Gasteiger partial charge is 0.261 e. The van der Waals surface area contributed by atoms with Crippen molar-refractivity contribution in [2.24, 2.45) is 0 Å². The second kappa shape index (κ2) is 4.78. The van der Waals surface area contributed by atoms with Gasteiger partial charge in [-0.3, -0.25) is 14.5 Å². The van der Waals surface area contributed by atoms with Gasteiger partial charge in [-0.2, -0.15) is 0 Å². The van der Waals surface area contributed by atoms with Crippen LogP contribution in [-0.4, -0.2) is 28.1 Å². The molecule has 0 bridgehead atoms. The van der Waals surface area contributed by atoms with E-state index in [4.69, 9.17) is 0 Å². The fourth-order valence-corrected chi connectivity index (χ4v) is 2.99. The summed E-state index contributed by atoms with van der Waals surface area (Å²) in [4.78, 5) is 26.0. The quantitative estimate of drug-likeness (QED) is 0.621. The van der Waals surface area contributed by atoms with Crippen LogP contribution in [0.15, 0.2) is 48.1 Å². The van der Waals surface area contributed by atoms with E-state index in [0.29, 0.717) is 17.7 Å². The van der Waals surface area contributed by atoms with Crippen molar-refractivity contribution >= 4 is 27.7 Å². The molecule has 0 radical (unpaired) electrons. The van der Waals surface area contributed by atoms with Gasteiger partial charge in [0.1, 0.15) is 0 Å². The van der Waals surface area contributed by atoms with Crippen LogP contribution in [0.5, 0.6) is 0 Å². The summed E-state index contributed by atoms with van der Waals surface area (Å²) < 4.78 is 0. The van der Waals surface area contributed by atoms with Crippen molar-refractivity contribution in [3.05, 3.63) is 59.2 Å². The van der Waals surface area contributed by atoms with Crippen LogP contribution >= 0.6 is 15.9 Å². The van der Waals surface area contributed by atoms with E-state index < -0.39 is 0 Å². The first-order valence-electron chi connectivity index (χ1n) is 6.12. The van der Waals surface area contributed by atoms with Crippen molar-refractivity contribution in [3.63, 3.8) is 0 Å². The Balaban J connectivity index is 1.85. The standard InChI is InChI=1S/C15H12BrNO2/c16-11-5-3-4-10(8-11)9-17-14(18)12-6-1-2-7-13(12)15(17)19/h1-7,11H,8-9H2. The number of fused-ring (bicyclic) bond motifs is 1. The van der Waals surface area contributed by atoms with Gasteiger partial charge in [0.05, 0.1) is 17.7 Å². The molecule has 0 saturated carbocycles. The van der Waals surface area contributed by atoms with Crippen molar-refractivity contribution in [2.75, 3.05) is 6.54 Å². The van der Waals surface area contributed by atoms with Crippen molar-refractivity contribution in [1.29, 1.82) is 0 Å². The number of amides is 2. The van der Waals surface area contributed by atoms with E-state index in [0.717, 1.165) is 12.0 Å². The van der Waals surface area contributed by atoms with E-state index in [2.05, 4.69) is 15.9 Å². The maximum Gasteiger partial charge on any atom is 0.261 e. The lowest BCUT2D eigenvalue weighted by molar-refractivity contribution is 0.0667. The minimum absolute atomic E-state index is 0.192. The zero-order chi connectivity index (χ0) is 13.4. The molecule has 1 atom stereocenters. The van der Waals surface area contributed by atoms with E-state index >= 15 is 0 Å². The van der Waals surface area contributed by atoms with E-state index in [1.165, 1.54) is 4.90 Å². The molecule has 0 fully saturated rings. The van der Waals surface area contributed by atoms with Crippen molar-refractivity contribution in [3.8, 4) is 0 Å². The number of allylic oxidation sites excluding steroid dienone is 3. The fourth-order valence-electron chi connectivity index (χ4n) is 2.40. The van der Waals surface area contributed by atoms with Crippen LogP contribution in [0.3, 0.4) is 0 Å². The second-order valence-electron chi connectivity index (χ2n) is 4.67. The SMILES string of the molecule is O=C1c2ccccc2C(=O)N1CC1=CC=CC(Br)C1. The molecule has 0 spiro atoms. The molecule has 1 aromatic carbocycles. The maximum absolute atomic E-state index is 12.2. The summed E-state index contributed by atoms with van der Waals surface area (Å²) in [6, 6.07) is 6.98. The molecule has 2 amide bonds. The third kappa shape index (κ3) is 2.16. The molecule has 4 heteroatoms. The molecule has 1 aliphatic heterocycles. The molecule has 2 aliphatic rings. The summed E-state index contributed by atoms with van der Waals surface area (Å²) in [6.07, 6.45) is 6.80. The van der Waals surface area contributed by atoms with Crippen LogP contribution in [0.2, 0.25) is 0 Å². The van der Waals surface area contributed by atoms with E-state index in [1.807, 2.05) is 18.2 Å². The van der Waals surface area contributed by atoms with E-state index in [9.17, 15) is 9.59 Å². The van der Waals surface area contributed by atoms with E-state index in [-0.39, 0.29) is 16.6 Å². The van der Waals surface area contributed by atoms with Crippen LogP contribution in [0, 0.1) is 0 Å². The number of hydrogen-bond donors (Lipinski definition) is 0. The number of rotatable bonds is 2. The van der Waals surface area contributed by atoms with Gasteiger partial charge in [0.15, 0.2) is 0 Å². The van der Waals surface area contributed by atoms with Crippen LogP contribution in [0.1, 0.15) is 27.1 Å². The minimum atomic E-state index is -0.192. The van der Waals surface area contributed by atoms with Gasteiger partial charge in [-0.1, -0.05) is 46.3 Å². The highest BCUT2D eigenvalue weighted by molar-refractivity contribution is 9.09. The lowest BCUT2D eigenvalue weighted by Gasteiger charge is -2.19. The molecule has 1 heterocycles. The Morgan fingerprint density at radius 1 is 1.16 bits per heavy atom. The Bertz CT molecular complexity index is 583. The first kappa shape index (κ1) is 12.4. The highest BCUT2D eigenvalue weighted by atomic mass is 79.9. The largest absolute Gasteiger partial charge is 0.270 e. The van der Waals surface area contributed by atoms with Gasteiger partial charge in [-0.15, -0.1) is 0 Å². The molecule has 3 nitrogen and oxygen atoms in total. The highest BCUT2D eigenvalue weighted by Crippen LogP contribution is 2.26. The molecule has 19 heavy (non-hydrogen) atoms. The fraction of sp³-hybridized carbons (Fsp3) is 0.200. The Morgan fingerprint density at radius 2 is 1.79 bits per heavy atom. The topological polar surface area (TPSA) is 37.4 Å². The number of halogens is 1. The van der Waals surface area contributed by atoms with Gasteiger partial charge in [-0.25, -0.2) is 0 Å².